The van der Waals surface area contributed by atoms with Crippen LogP contribution >= 0.6 is 0 Å². The fourth-order valence-corrected chi connectivity index (χ4v) is 2.02. The molecule has 0 radical (unpaired) electrons. The Kier molecular flexibility index (Phi) is 6.67. The summed E-state index contributed by atoms with van der Waals surface area (Å²) in [6.07, 6.45) is 0.956. The van der Waals surface area contributed by atoms with Gasteiger partial charge in [-0.15, -0.1) is 0 Å². The second-order valence-corrected chi connectivity index (χ2v) is 5.11. The molecule has 108 valence electrons. The van der Waals surface area contributed by atoms with Crippen molar-refractivity contribution < 1.29 is 14.6 Å². The average molecular weight is 267 g/mol. The number of rotatable bonds is 8. The van der Waals surface area contributed by atoms with Crippen LogP contribution in [0.3, 0.4) is 0 Å². The van der Waals surface area contributed by atoms with Crippen molar-refractivity contribution in [3.63, 3.8) is 0 Å². The van der Waals surface area contributed by atoms with Crippen molar-refractivity contribution in [3.05, 3.63) is 23.8 Å². The molecule has 0 aliphatic rings. The maximum atomic E-state index is 9.34. The molecule has 4 heteroatoms. The molecule has 0 fully saturated rings. The Labute approximate surface area is 115 Å². The van der Waals surface area contributed by atoms with Gasteiger partial charge in [0.25, 0.3) is 0 Å². The quantitative estimate of drug-likeness (QED) is 0.758. The molecule has 0 amide bonds. The SMILES string of the molecule is COc1cc(CNC(CO)CC(C)C)cc(OC)c1. The Morgan fingerprint density at radius 2 is 1.68 bits per heavy atom. The number of aliphatic hydroxyl groups excluding tert-OH is 1. The van der Waals surface area contributed by atoms with Gasteiger partial charge < -0.3 is 19.9 Å². The van der Waals surface area contributed by atoms with Crippen LogP contribution in [0.5, 0.6) is 11.5 Å². The van der Waals surface area contributed by atoms with Crippen LogP contribution in [-0.2, 0) is 6.54 Å². The van der Waals surface area contributed by atoms with Crippen molar-refractivity contribution in [3.8, 4) is 11.5 Å². The molecular weight excluding hydrogens is 242 g/mol. The second-order valence-electron chi connectivity index (χ2n) is 5.11. The summed E-state index contributed by atoms with van der Waals surface area (Å²) < 4.78 is 10.5. The minimum atomic E-state index is 0.122. The zero-order chi connectivity index (χ0) is 14.3. The van der Waals surface area contributed by atoms with Gasteiger partial charge in [-0.1, -0.05) is 13.8 Å². The fraction of sp³-hybridized carbons (Fsp3) is 0.600. The van der Waals surface area contributed by atoms with Gasteiger partial charge in [-0.05, 0) is 30.0 Å². The Bertz CT molecular complexity index is 357. The van der Waals surface area contributed by atoms with Gasteiger partial charge in [-0.2, -0.15) is 0 Å². The van der Waals surface area contributed by atoms with E-state index in [9.17, 15) is 5.11 Å². The Morgan fingerprint density at radius 1 is 1.11 bits per heavy atom. The van der Waals surface area contributed by atoms with Crippen LogP contribution in [0.2, 0.25) is 0 Å². The minimum Gasteiger partial charge on any atom is -0.497 e. The molecule has 1 atom stereocenters. The van der Waals surface area contributed by atoms with Gasteiger partial charge in [0.1, 0.15) is 11.5 Å². The molecule has 0 heterocycles. The van der Waals surface area contributed by atoms with Crippen molar-refractivity contribution in [1.82, 2.24) is 5.32 Å². The van der Waals surface area contributed by atoms with Crippen LogP contribution in [0, 0.1) is 5.92 Å². The summed E-state index contributed by atoms with van der Waals surface area (Å²) in [5, 5.41) is 12.7. The highest BCUT2D eigenvalue weighted by Gasteiger charge is 2.10. The lowest BCUT2D eigenvalue weighted by Crippen LogP contribution is -2.33. The molecule has 4 nitrogen and oxygen atoms in total. The molecule has 0 spiro atoms. The van der Waals surface area contributed by atoms with Gasteiger partial charge in [0.05, 0.1) is 20.8 Å². The third-order valence-corrected chi connectivity index (χ3v) is 2.98. The van der Waals surface area contributed by atoms with Crippen molar-refractivity contribution in [2.75, 3.05) is 20.8 Å². The standard InChI is InChI=1S/C15H25NO3/c1-11(2)5-13(10-17)16-9-12-6-14(18-3)8-15(7-12)19-4/h6-8,11,13,16-17H,5,9-10H2,1-4H3. The van der Waals surface area contributed by atoms with Crippen LogP contribution in [0.25, 0.3) is 0 Å². The third-order valence-electron chi connectivity index (χ3n) is 2.98. The predicted molar refractivity (Wildman–Crippen MR) is 76.7 cm³/mol. The first-order valence-electron chi connectivity index (χ1n) is 6.65. The lowest BCUT2D eigenvalue weighted by atomic mass is 10.0. The zero-order valence-electron chi connectivity index (χ0n) is 12.3. The number of hydrogen-bond acceptors (Lipinski definition) is 4. The molecule has 0 aliphatic heterocycles. The van der Waals surface area contributed by atoms with E-state index >= 15 is 0 Å². The van der Waals surface area contributed by atoms with Crippen LogP contribution < -0.4 is 14.8 Å². The molecule has 1 rings (SSSR count). The van der Waals surface area contributed by atoms with Crippen LogP contribution in [0.4, 0.5) is 0 Å². The molecular formula is C15H25NO3. The molecule has 0 aliphatic carbocycles. The number of aliphatic hydroxyl groups is 1. The first kappa shape index (κ1) is 15.8. The van der Waals surface area contributed by atoms with Gasteiger partial charge in [0.2, 0.25) is 0 Å². The van der Waals surface area contributed by atoms with Gasteiger partial charge in [0, 0.05) is 18.7 Å². The van der Waals surface area contributed by atoms with Crippen molar-refractivity contribution >= 4 is 0 Å². The van der Waals surface area contributed by atoms with Crippen LogP contribution in [-0.4, -0.2) is 32.0 Å². The second kappa shape index (κ2) is 8.02. The van der Waals surface area contributed by atoms with Gasteiger partial charge >= 0.3 is 0 Å². The van der Waals surface area contributed by atoms with Gasteiger partial charge in [0.15, 0.2) is 0 Å². The summed E-state index contributed by atoms with van der Waals surface area (Å²) in [6, 6.07) is 5.91. The highest BCUT2D eigenvalue weighted by Crippen LogP contribution is 2.22. The van der Waals surface area contributed by atoms with Crippen LogP contribution in [0.1, 0.15) is 25.8 Å². The number of nitrogens with one attached hydrogen (secondary N) is 1. The molecule has 0 bridgehead atoms. The van der Waals surface area contributed by atoms with Crippen LogP contribution in [0.15, 0.2) is 18.2 Å². The molecule has 1 aromatic rings. The number of methoxy groups -OCH3 is 2. The molecule has 0 aromatic heterocycles. The highest BCUT2D eigenvalue weighted by molar-refractivity contribution is 5.38. The van der Waals surface area contributed by atoms with E-state index in [4.69, 9.17) is 9.47 Å². The van der Waals surface area contributed by atoms with E-state index in [-0.39, 0.29) is 12.6 Å². The molecule has 1 aromatic carbocycles. The summed E-state index contributed by atoms with van der Waals surface area (Å²) in [4.78, 5) is 0. The zero-order valence-corrected chi connectivity index (χ0v) is 12.3. The van der Waals surface area contributed by atoms with E-state index in [0.29, 0.717) is 12.5 Å². The largest absolute Gasteiger partial charge is 0.497 e. The molecule has 1 unspecified atom stereocenters. The lowest BCUT2D eigenvalue weighted by molar-refractivity contribution is 0.223. The highest BCUT2D eigenvalue weighted by atomic mass is 16.5. The summed E-state index contributed by atoms with van der Waals surface area (Å²) in [5.74, 6) is 2.12. The summed E-state index contributed by atoms with van der Waals surface area (Å²) in [6.45, 7) is 5.14. The lowest BCUT2D eigenvalue weighted by Gasteiger charge is -2.18. The monoisotopic (exact) mass is 267 g/mol. The van der Waals surface area contributed by atoms with Crippen molar-refractivity contribution in [2.45, 2.75) is 32.9 Å². The first-order chi connectivity index (χ1) is 9.08. The fourth-order valence-electron chi connectivity index (χ4n) is 2.02. The van der Waals surface area contributed by atoms with E-state index < -0.39 is 0 Å². The molecule has 19 heavy (non-hydrogen) atoms. The summed E-state index contributed by atoms with van der Waals surface area (Å²) in [7, 11) is 3.28. The normalized spacial score (nSPS) is 12.5. The maximum absolute atomic E-state index is 9.34. The topological polar surface area (TPSA) is 50.7 Å². The molecule has 2 N–H and O–H groups in total. The van der Waals surface area contributed by atoms with E-state index in [1.54, 1.807) is 14.2 Å². The van der Waals surface area contributed by atoms with Crippen molar-refractivity contribution in [1.29, 1.82) is 0 Å². The number of ether oxygens (including phenoxy) is 2. The summed E-state index contributed by atoms with van der Waals surface area (Å²) in [5.41, 5.74) is 1.08. The smallest absolute Gasteiger partial charge is 0.122 e. The molecule has 0 saturated heterocycles. The predicted octanol–water partition coefficient (Wildman–Crippen LogP) is 2.20. The van der Waals surface area contributed by atoms with Gasteiger partial charge in [-0.3, -0.25) is 0 Å². The Hall–Kier alpha value is -1.26. The minimum absolute atomic E-state index is 0.122. The number of hydrogen-bond donors (Lipinski definition) is 2. The van der Waals surface area contributed by atoms with Crippen molar-refractivity contribution in [2.24, 2.45) is 5.92 Å². The van der Waals surface area contributed by atoms with Gasteiger partial charge in [-0.25, -0.2) is 0 Å². The average Bonchev–Trinajstić information content (AvgIpc) is 2.42. The van der Waals surface area contributed by atoms with E-state index in [1.165, 1.54) is 0 Å². The third kappa shape index (κ3) is 5.49. The number of benzene rings is 1. The summed E-state index contributed by atoms with van der Waals surface area (Å²) >= 11 is 0. The van der Waals surface area contributed by atoms with E-state index in [0.717, 1.165) is 23.5 Å². The Morgan fingerprint density at radius 3 is 2.11 bits per heavy atom. The maximum Gasteiger partial charge on any atom is 0.122 e. The Balaban J connectivity index is 2.65. The molecule has 0 saturated carbocycles. The van der Waals surface area contributed by atoms with E-state index in [2.05, 4.69) is 19.2 Å². The van der Waals surface area contributed by atoms with E-state index in [1.807, 2.05) is 18.2 Å². The first-order valence-corrected chi connectivity index (χ1v) is 6.65.